The Morgan fingerprint density at radius 3 is 1.63 bits per heavy atom. The maximum Gasteiger partial charge on any atom is 0.0783 e. The van der Waals surface area contributed by atoms with Gasteiger partial charge in [-0.25, -0.2) is 0 Å². The second kappa shape index (κ2) is 10.3. The largest absolute Gasteiger partial charge is 0.309 e. The smallest absolute Gasteiger partial charge is 0.0783 e. The number of hydrogen-bond acceptors (Lipinski definition) is 1. The molecule has 242 valence electrons. The highest BCUT2D eigenvalue weighted by Crippen LogP contribution is 2.51. The number of para-hydroxylation sites is 7. The highest BCUT2D eigenvalue weighted by Gasteiger charge is 2.30. The summed E-state index contributed by atoms with van der Waals surface area (Å²) in [6.45, 7) is 0. The summed E-state index contributed by atoms with van der Waals surface area (Å²) >= 11 is 0. The Bertz CT molecular complexity index is 3230. The van der Waals surface area contributed by atoms with E-state index >= 15 is 0 Å². The minimum atomic E-state index is 1.15. The zero-order valence-corrected chi connectivity index (χ0v) is 28.1. The lowest BCUT2D eigenvalue weighted by Crippen LogP contribution is -2.17. The van der Waals surface area contributed by atoms with Gasteiger partial charge in [-0.15, -0.1) is 0 Å². The number of anilines is 3. The van der Waals surface area contributed by atoms with Gasteiger partial charge in [0.2, 0.25) is 0 Å². The summed E-state index contributed by atoms with van der Waals surface area (Å²) in [6.07, 6.45) is 0. The summed E-state index contributed by atoms with van der Waals surface area (Å²) in [5.74, 6) is 0. The molecule has 0 aliphatic carbocycles. The van der Waals surface area contributed by atoms with Crippen LogP contribution in [0.25, 0.3) is 82.5 Å². The van der Waals surface area contributed by atoms with Crippen molar-refractivity contribution in [3.8, 4) is 17.1 Å². The molecule has 52 heavy (non-hydrogen) atoms. The molecule has 0 N–H and O–H groups in total. The molecule has 0 bridgehead atoms. The lowest BCUT2D eigenvalue weighted by atomic mass is 10.1. The van der Waals surface area contributed by atoms with E-state index in [1.54, 1.807) is 0 Å². The molecule has 4 heteroatoms. The molecule has 0 radical (unpaired) electrons. The first-order chi connectivity index (χ1) is 25.8. The first kappa shape index (κ1) is 27.7. The van der Waals surface area contributed by atoms with Crippen molar-refractivity contribution in [2.45, 2.75) is 0 Å². The molecule has 11 aromatic rings. The molecule has 3 aromatic heterocycles. The van der Waals surface area contributed by atoms with E-state index in [-0.39, 0.29) is 0 Å². The minimum absolute atomic E-state index is 1.15. The molecule has 0 saturated carbocycles. The normalized spacial score (nSPS) is 12.6. The van der Waals surface area contributed by atoms with Crippen LogP contribution in [0.5, 0.6) is 0 Å². The van der Waals surface area contributed by atoms with Crippen molar-refractivity contribution in [2.24, 2.45) is 0 Å². The molecule has 0 spiro atoms. The minimum Gasteiger partial charge on any atom is -0.309 e. The molecule has 4 heterocycles. The third-order valence-corrected chi connectivity index (χ3v) is 11.1. The van der Waals surface area contributed by atoms with Crippen molar-refractivity contribution in [3.05, 3.63) is 182 Å². The van der Waals surface area contributed by atoms with E-state index in [9.17, 15) is 0 Å². The molecule has 0 amide bonds. The summed E-state index contributed by atoms with van der Waals surface area (Å²) in [4.78, 5) is 2.41. The first-order valence-corrected chi connectivity index (χ1v) is 17.9. The van der Waals surface area contributed by atoms with Gasteiger partial charge in [-0.05, 0) is 78.9 Å². The molecule has 4 nitrogen and oxygen atoms in total. The highest BCUT2D eigenvalue weighted by molar-refractivity contribution is 6.28. The van der Waals surface area contributed by atoms with Crippen molar-refractivity contribution >= 4 is 82.5 Å². The van der Waals surface area contributed by atoms with E-state index < -0.39 is 0 Å². The summed E-state index contributed by atoms with van der Waals surface area (Å²) in [5.41, 5.74) is 14.3. The number of benzene rings is 8. The van der Waals surface area contributed by atoms with Gasteiger partial charge in [0.05, 0.1) is 50.2 Å². The Balaban J connectivity index is 1.20. The molecule has 12 rings (SSSR count). The zero-order valence-electron chi connectivity index (χ0n) is 28.1. The van der Waals surface area contributed by atoms with Crippen LogP contribution in [-0.2, 0) is 0 Å². The van der Waals surface area contributed by atoms with E-state index in [1.165, 1.54) is 88.2 Å². The van der Waals surface area contributed by atoms with Gasteiger partial charge in [0.1, 0.15) is 0 Å². The second-order valence-electron chi connectivity index (χ2n) is 13.8. The first-order valence-electron chi connectivity index (χ1n) is 17.9. The fraction of sp³-hybridized carbons (Fsp3) is 0. The maximum absolute atomic E-state index is 2.53. The standard InChI is InChI=1S/C48H30N4/c1-3-14-31(15-4-1)49-39-21-9-7-18-34(39)38-30-33(26-28-41(38)49)51-40-22-10-8-19-37(40)46-44(51)29-27-36-35-20-13-25-45-47(35)52(48(36)46)43-24-12-11-23-42(43)50(45)32-16-5-2-6-17-32/h1-30H. The van der Waals surface area contributed by atoms with Crippen LogP contribution in [0.15, 0.2) is 182 Å². The van der Waals surface area contributed by atoms with Gasteiger partial charge in [-0.1, -0.05) is 103 Å². The van der Waals surface area contributed by atoms with Crippen LogP contribution in [-0.4, -0.2) is 13.7 Å². The van der Waals surface area contributed by atoms with Crippen LogP contribution in [0, 0.1) is 0 Å². The Kier molecular flexibility index (Phi) is 5.47. The van der Waals surface area contributed by atoms with E-state index in [2.05, 4.69) is 201 Å². The van der Waals surface area contributed by atoms with E-state index in [4.69, 9.17) is 0 Å². The lowest BCUT2D eigenvalue weighted by molar-refractivity contribution is 1.12. The van der Waals surface area contributed by atoms with Crippen LogP contribution in [0.1, 0.15) is 0 Å². The van der Waals surface area contributed by atoms with E-state index in [0.717, 1.165) is 11.4 Å². The monoisotopic (exact) mass is 662 g/mol. The molecule has 0 fully saturated rings. The fourth-order valence-electron chi connectivity index (χ4n) is 9.07. The third kappa shape index (κ3) is 3.55. The van der Waals surface area contributed by atoms with E-state index in [0.29, 0.717) is 0 Å². The predicted octanol–water partition coefficient (Wildman–Crippen LogP) is 12.8. The Labute approximate surface area is 299 Å². The van der Waals surface area contributed by atoms with Crippen LogP contribution >= 0.6 is 0 Å². The molecular weight excluding hydrogens is 633 g/mol. The van der Waals surface area contributed by atoms with Crippen molar-refractivity contribution in [1.82, 2.24) is 13.7 Å². The van der Waals surface area contributed by atoms with Crippen molar-refractivity contribution < 1.29 is 0 Å². The lowest BCUT2D eigenvalue weighted by Gasteiger charge is -2.33. The molecule has 1 aliphatic heterocycles. The van der Waals surface area contributed by atoms with Gasteiger partial charge in [-0.3, -0.25) is 0 Å². The van der Waals surface area contributed by atoms with Crippen molar-refractivity contribution in [3.63, 3.8) is 0 Å². The number of nitrogens with zero attached hydrogens (tertiary/aromatic N) is 4. The molecule has 8 aromatic carbocycles. The van der Waals surface area contributed by atoms with Gasteiger partial charge in [-0.2, -0.15) is 0 Å². The molecular formula is C48H30N4. The summed E-state index contributed by atoms with van der Waals surface area (Å²) in [6, 6.07) is 66.4. The Morgan fingerprint density at radius 1 is 0.269 bits per heavy atom. The van der Waals surface area contributed by atoms with Crippen LogP contribution < -0.4 is 4.90 Å². The molecule has 0 atom stereocenters. The van der Waals surface area contributed by atoms with Crippen molar-refractivity contribution in [2.75, 3.05) is 4.90 Å². The van der Waals surface area contributed by atoms with Gasteiger partial charge >= 0.3 is 0 Å². The molecule has 0 unspecified atom stereocenters. The van der Waals surface area contributed by atoms with Crippen LogP contribution in [0.4, 0.5) is 17.1 Å². The second-order valence-corrected chi connectivity index (χ2v) is 13.8. The topological polar surface area (TPSA) is 18.0 Å². The maximum atomic E-state index is 2.53. The summed E-state index contributed by atoms with van der Waals surface area (Å²) in [5, 5.41) is 7.53. The van der Waals surface area contributed by atoms with E-state index in [1.807, 2.05) is 0 Å². The number of rotatable bonds is 3. The van der Waals surface area contributed by atoms with Gasteiger partial charge in [0, 0.05) is 49.4 Å². The molecule has 0 saturated heterocycles. The quantitative estimate of drug-likeness (QED) is 0.184. The Morgan fingerprint density at radius 2 is 0.827 bits per heavy atom. The SMILES string of the molecule is c1ccc(N2c3ccccc3-n3c4c2cccc4c2ccc4c(c5ccccc5n4-c4ccc5c(c4)c4ccccc4n5-c4ccccc4)c23)cc1. The Hall–Kier alpha value is -7.04. The average molecular weight is 663 g/mol. The average Bonchev–Trinajstić information content (AvgIpc) is 3.85. The zero-order chi connectivity index (χ0) is 33.9. The fourth-order valence-corrected chi connectivity index (χ4v) is 9.07. The summed E-state index contributed by atoms with van der Waals surface area (Å²) in [7, 11) is 0. The third-order valence-electron chi connectivity index (χ3n) is 11.1. The number of fused-ring (bicyclic) bond motifs is 12. The summed E-state index contributed by atoms with van der Waals surface area (Å²) < 4.78 is 7.38. The molecule has 1 aliphatic rings. The van der Waals surface area contributed by atoms with Gasteiger partial charge < -0.3 is 18.6 Å². The predicted molar refractivity (Wildman–Crippen MR) is 218 cm³/mol. The highest BCUT2D eigenvalue weighted by atomic mass is 15.2. The van der Waals surface area contributed by atoms with Crippen molar-refractivity contribution in [1.29, 1.82) is 0 Å². The number of hydrogen-bond donors (Lipinski definition) is 0. The number of aromatic nitrogens is 3. The van der Waals surface area contributed by atoms with Crippen LogP contribution in [0.2, 0.25) is 0 Å². The van der Waals surface area contributed by atoms with Gasteiger partial charge in [0.25, 0.3) is 0 Å². The van der Waals surface area contributed by atoms with Crippen LogP contribution in [0.3, 0.4) is 0 Å². The van der Waals surface area contributed by atoms with Gasteiger partial charge in [0.15, 0.2) is 0 Å².